The lowest BCUT2D eigenvalue weighted by Gasteiger charge is -2.37. The fraction of sp³-hybridized carbons (Fsp3) is 0.500. The van der Waals surface area contributed by atoms with Crippen molar-refractivity contribution in [3.63, 3.8) is 0 Å². The third-order valence-corrected chi connectivity index (χ3v) is 6.13. The first-order valence-corrected chi connectivity index (χ1v) is 9.93. The van der Waals surface area contributed by atoms with Crippen LogP contribution in [0.2, 0.25) is 0 Å². The molecule has 1 fully saturated rings. The molecule has 0 spiro atoms. The van der Waals surface area contributed by atoms with Crippen LogP contribution in [-0.2, 0) is 13.0 Å². The van der Waals surface area contributed by atoms with Gasteiger partial charge in [-0.3, -0.25) is 9.78 Å². The van der Waals surface area contributed by atoms with E-state index in [1.807, 2.05) is 17.5 Å². The van der Waals surface area contributed by atoms with Crippen molar-refractivity contribution in [2.45, 2.75) is 45.7 Å². The molecule has 3 heterocycles. The van der Waals surface area contributed by atoms with Gasteiger partial charge < -0.3 is 9.80 Å². The Morgan fingerprint density at radius 1 is 1.32 bits per heavy atom. The molecule has 0 bridgehead atoms. The van der Waals surface area contributed by atoms with E-state index in [1.54, 1.807) is 23.7 Å². The lowest BCUT2D eigenvalue weighted by atomic mass is 10.00. The van der Waals surface area contributed by atoms with E-state index in [0.717, 1.165) is 43.5 Å². The number of pyridine rings is 1. The molecule has 5 heteroatoms. The average Bonchev–Trinajstić information content (AvgIpc) is 3.01. The van der Waals surface area contributed by atoms with E-state index >= 15 is 0 Å². The molecule has 134 valence electrons. The van der Waals surface area contributed by atoms with E-state index in [0.29, 0.717) is 12.6 Å². The summed E-state index contributed by atoms with van der Waals surface area (Å²) < 4.78 is 0. The maximum absolute atomic E-state index is 13.4. The summed E-state index contributed by atoms with van der Waals surface area (Å²) in [7, 11) is 2.16. The molecule has 0 saturated carbocycles. The number of hydrogen-bond acceptors (Lipinski definition) is 4. The molecule has 2 aromatic rings. The van der Waals surface area contributed by atoms with Gasteiger partial charge in [-0.25, -0.2) is 0 Å². The lowest BCUT2D eigenvalue weighted by Crippen LogP contribution is -2.46. The zero-order valence-electron chi connectivity index (χ0n) is 15.4. The highest BCUT2D eigenvalue weighted by Crippen LogP contribution is 2.27. The number of piperidine rings is 1. The summed E-state index contributed by atoms with van der Waals surface area (Å²) >= 11 is 1.69. The number of thiophene rings is 1. The van der Waals surface area contributed by atoms with Gasteiger partial charge in [0.05, 0.1) is 5.56 Å². The molecule has 1 aliphatic rings. The van der Waals surface area contributed by atoms with Crippen LogP contribution in [-0.4, -0.2) is 46.9 Å². The van der Waals surface area contributed by atoms with Crippen molar-refractivity contribution in [1.82, 2.24) is 14.8 Å². The van der Waals surface area contributed by atoms with Crippen molar-refractivity contribution in [2.24, 2.45) is 0 Å². The number of nitrogens with zero attached hydrogens (tertiary/aromatic N) is 3. The van der Waals surface area contributed by atoms with E-state index in [-0.39, 0.29) is 5.91 Å². The molecule has 0 N–H and O–H groups in total. The highest BCUT2D eigenvalue weighted by atomic mass is 32.1. The summed E-state index contributed by atoms with van der Waals surface area (Å²) in [4.78, 5) is 23.2. The van der Waals surface area contributed by atoms with Crippen molar-refractivity contribution < 1.29 is 4.79 Å². The Balaban J connectivity index is 1.88. The van der Waals surface area contributed by atoms with Crippen LogP contribution in [0.3, 0.4) is 0 Å². The normalized spacial score (nSPS) is 16.1. The van der Waals surface area contributed by atoms with Crippen LogP contribution in [0.4, 0.5) is 0 Å². The van der Waals surface area contributed by atoms with Crippen molar-refractivity contribution >= 4 is 17.2 Å². The van der Waals surface area contributed by atoms with Crippen molar-refractivity contribution in [3.8, 4) is 0 Å². The molecule has 0 aromatic carbocycles. The maximum atomic E-state index is 13.4. The third-order valence-electron chi connectivity index (χ3n) is 5.18. The standard InChI is InChI=1S/C20H27N3OS/c1-4-18-15(2)25-14-19(18)20(24)23(13-16-5-9-21-10-6-16)17-7-11-22(3)12-8-17/h5-6,9-10,14,17H,4,7-8,11-13H2,1-3H3. The van der Waals surface area contributed by atoms with Crippen LogP contribution in [0.5, 0.6) is 0 Å². The van der Waals surface area contributed by atoms with Crippen LogP contribution in [0.25, 0.3) is 0 Å². The molecule has 25 heavy (non-hydrogen) atoms. The Kier molecular flexibility index (Phi) is 5.86. The van der Waals surface area contributed by atoms with E-state index < -0.39 is 0 Å². The van der Waals surface area contributed by atoms with Gasteiger partial charge in [0.1, 0.15) is 0 Å². The molecule has 0 aliphatic carbocycles. The molecule has 1 aliphatic heterocycles. The van der Waals surface area contributed by atoms with Crippen molar-refractivity contribution in [3.05, 3.63) is 51.5 Å². The molecule has 4 nitrogen and oxygen atoms in total. The molecule has 3 rings (SSSR count). The number of amides is 1. The van der Waals surface area contributed by atoms with E-state index in [4.69, 9.17) is 0 Å². The number of rotatable bonds is 5. The van der Waals surface area contributed by atoms with E-state index in [1.165, 1.54) is 10.4 Å². The summed E-state index contributed by atoms with van der Waals surface area (Å²) in [5, 5.41) is 2.05. The fourth-order valence-electron chi connectivity index (χ4n) is 3.61. The van der Waals surface area contributed by atoms with Crippen LogP contribution >= 0.6 is 11.3 Å². The number of carbonyl (C=O) groups is 1. The summed E-state index contributed by atoms with van der Waals surface area (Å²) in [6.07, 6.45) is 6.60. The molecule has 0 unspecified atom stereocenters. The third kappa shape index (κ3) is 4.10. The number of aromatic nitrogens is 1. The lowest BCUT2D eigenvalue weighted by molar-refractivity contribution is 0.0569. The molecule has 0 radical (unpaired) electrons. The predicted molar refractivity (Wildman–Crippen MR) is 103 cm³/mol. The predicted octanol–water partition coefficient (Wildman–Crippen LogP) is 3.75. The second-order valence-corrected chi connectivity index (χ2v) is 7.94. The number of likely N-dealkylation sites (tertiary alicyclic amines) is 1. The summed E-state index contributed by atoms with van der Waals surface area (Å²) in [5.74, 6) is 0.188. The second kappa shape index (κ2) is 8.11. The number of aryl methyl sites for hydroxylation is 1. The Labute approximate surface area is 154 Å². The van der Waals surface area contributed by atoms with Crippen LogP contribution in [0, 0.1) is 6.92 Å². The topological polar surface area (TPSA) is 36.4 Å². The second-order valence-electron chi connectivity index (χ2n) is 6.86. The summed E-state index contributed by atoms with van der Waals surface area (Å²) in [6.45, 7) is 7.01. The van der Waals surface area contributed by atoms with Gasteiger partial charge in [-0.2, -0.15) is 0 Å². The highest BCUT2D eigenvalue weighted by Gasteiger charge is 2.29. The van der Waals surface area contributed by atoms with Crippen molar-refractivity contribution in [2.75, 3.05) is 20.1 Å². The molecular formula is C20H27N3OS. The minimum Gasteiger partial charge on any atom is -0.331 e. The monoisotopic (exact) mass is 357 g/mol. The van der Waals surface area contributed by atoms with Gasteiger partial charge in [-0.05, 0) is 69.6 Å². The van der Waals surface area contributed by atoms with Gasteiger partial charge in [-0.1, -0.05) is 6.92 Å². The van der Waals surface area contributed by atoms with E-state index in [9.17, 15) is 4.79 Å². The van der Waals surface area contributed by atoms with Gasteiger partial charge in [0.25, 0.3) is 5.91 Å². The summed E-state index contributed by atoms with van der Waals surface area (Å²) in [5.41, 5.74) is 3.26. The Morgan fingerprint density at radius 3 is 2.64 bits per heavy atom. The smallest absolute Gasteiger partial charge is 0.255 e. The van der Waals surface area contributed by atoms with Gasteiger partial charge in [0.2, 0.25) is 0 Å². The first-order chi connectivity index (χ1) is 12.1. The maximum Gasteiger partial charge on any atom is 0.255 e. The zero-order chi connectivity index (χ0) is 17.8. The van der Waals surface area contributed by atoms with Crippen LogP contribution in [0.1, 0.15) is 46.1 Å². The van der Waals surface area contributed by atoms with Gasteiger partial charge in [0, 0.05) is 35.2 Å². The highest BCUT2D eigenvalue weighted by molar-refractivity contribution is 7.10. The molecule has 2 aromatic heterocycles. The fourth-order valence-corrected chi connectivity index (χ4v) is 4.55. The Bertz CT molecular complexity index is 705. The quantitative estimate of drug-likeness (QED) is 0.818. The largest absolute Gasteiger partial charge is 0.331 e. The first-order valence-electron chi connectivity index (χ1n) is 9.05. The average molecular weight is 358 g/mol. The molecule has 1 saturated heterocycles. The first kappa shape index (κ1) is 18.1. The van der Waals surface area contributed by atoms with Crippen LogP contribution in [0.15, 0.2) is 29.9 Å². The number of hydrogen-bond donors (Lipinski definition) is 0. The van der Waals surface area contributed by atoms with E-state index in [2.05, 4.69) is 35.7 Å². The summed E-state index contributed by atoms with van der Waals surface area (Å²) in [6, 6.07) is 4.32. The zero-order valence-corrected chi connectivity index (χ0v) is 16.2. The molecule has 0 atom stereocenters. The molecular weight excluding hydrogens is 330 g/mol. The Morgan fingerprint density at radius 2 is 2.00 bits per heavy atom. The van der Waals surface area contributed by atoms with Gasteiger partial charge >= 0.3 is 0 Å². The SMILES string of the molecule is CCc1c(C(=O)N(Cc2ccncc2)C2CCN(C)CC2)csc1C. The minimum atomic E-state index is 0.188. The number of carbonyl (C=O) groups excluding carboxylic acids is 1. The Hall–Kier alpha value is -1.72. The van der Waals surface area contributed by atoms with Gasteiger partial charge in [0.15, 0.2) is 0 Å². The minimum absolute atomic E-state index is 0.188. The van der Waals surface area contributed by atoms with Crippen LogP contribution < -0.4 is 0 Å². The van der Waals surface area contributed by atoms with Crippen molar-refractivity contribution in [1.29, 1.82) is 0 Å². The molecule has 1 amide bonds. The van der Waals surface area contributed by atoms with Gasteiger partial charge in [-0.15, -0.1) is 11.3 Å².